The van der Waals surface area contributed by atoms with Gasteiger partial charge in [-0.3, -0.25) is 19.2 Å². The van der Waals surface area contributed by atoms with Crippen LogP contribution in [0.25, 0.3) is 0 Å². The lowest BCUT2D eigenvalue weighted by molar-refractivity contribution is -0.142. The molecule has 0 aliphatic rings. The molecule has 0 unspecified atom stereocenters. The van der Waals surface area contributed by atoms with Gasteiger partial charge in [0.25, 0.3) is 11.6 Å². The molecule has 17 heavy (non-hydrogen) atoms. The van der Waals surface area contributed by atoms with E-state index in [0.29, 0.717) is 6.42 Å². The molecular formula is C13H12O4. The molecule has 0 bridgehead atoms. The highest BCUT2D eigenvalue weighted by Crippen LogP contribution is 2.02. The number of carbonyl (C=O) groups excluding carboxylic acids is 4. The zero-order valence-corrected chi connectivity index (χ0v) is 9.43. The van der Waals surface area contributed by atoms with Gasteiger partial charge in [0.15, 0.2) is 0 Å². The first-order valence-corrected chi connectivity index (χ1v) is 5.29. The van der Waals surface area contributed by atoms with Crippen molar-refractivity contribution < 1.29 is 19.2 Å². The Hall–Kier alpha value is -2.10. The molecule has 0 aliphatic carbocycles. The van der Waals surface area contributed by atoms with Crippen LogP contribution in [0.15, 0.2) is 30.3 Å². The molecule has 0 aromatic heterocycles. The highest BCUT2D eigenvalue weighted by Gasteiger charge is 2.28. The first-order valence-electron chi connectivity index (χ1n) is 5.29. The van der Waals surface area contributed by atoms with E-state index in [4.69, 9.17) is 0 Å². The molecule has 0 aliphatic heterocycles. The third-order valence-corrected chi connectivity index (χ3v) is 2.18. The van der Waals surface area contributed by atoms with Crippen molar-refractivity contribution in [2.75, 3.05) is 0 Å². The zero-order chi connectivity index (χ0) is 12.8. The molecule has 4 heteroatoms. The van der Waals surface area contributed by atoms with Crippen molar-refractivity contribution in [3.8, 4) is 0 Å². The first-order chi connectivity index (χ1) is 8.07. The SMILES string of the molecule is CCCC(=O)C(=O)C(=O)C(=O)c1ccccc1. The lowest BCUT2D eigenvalue weighted by atomic mass is 10.0. The molecular weight excluding hydrogens is 220 g/mol. The van der Waals surface area contributed by atoms with Gasteiger partial charge in [0.05, 0.1) is 0 Å². The molecule has 0 saturated carbocycles. The zero-order valence-electron chi connectivity index (χ0n) is 9.43. The molecule has 0 amide bonds. The van der Waals surface area contributed by atoms with E-state index in [1.165, 1.54) is 12.1 Å². The highest BCUT2D eigenvalue weighted by atomic mass is 16.2. The van der Waals surface area contributed by atoms with Crippen LogP contribution >= 0.6 is 0 Å². The van der Waals surface area contributed by atoms with Gasteiger partial charge in [-0.05, 0) is 6.42 Å². The molecule has 0 heterocycles. The Labute approximate surface area is 98.6 Å². The molecule has 0 fully saturated rings. The molecule has 88 valence electrons. The summed E-state index contributed by atoms with van der Waals surface area (Å²) in [6.07, 6.45) is 0.462. The average molecular weight is 232 g/mol. The third kappa shape index (κ3) is 3.17. The summed E-state index contributed by atoms with van der Waals surface area (Å²) in [4.78, 5) is 45.5. The van der Waals surface area contributed by atoms with E-state index < -0.39 is 23.1 Å². The summed E-state index contributed by atoms with van der Waals surface area (Å²) in [7, 11) is 0. The van der Waals surface area contributed by atoms with Gasteiger partial charge in [0.2, 0.25) is 11.6 Å². The van der Waals surface area contributed by atoms with Crippen molar-refractivity contribution in [3.63, 3.8) is 0 Å². The minimum Gasteiger partial charge on any atom is -0.290 e. The second-order valence-corrected chi connectivity index (χ2v) is 3.53. The number of hydrogen-bond donors (Lipinski definition) is 0. The highest BCUT2D eigenvalue weighted by molar-refractivity contribution is 6.79. The summed E-state index contributed by atoms with van der Waals surface area (Å²) in [6, 6.07) is 7.71. The maximum absolute atomic E-state index is 11.6. The van der Waals surface area contributed by atoms with Gasteiger partial charge in [-0.2, -0.15) is 0 Å². The van der Waals surface area contributed by atoms with Crippen LogP contribution in [0.3, 0.4) is 0 Å². The van der Waals surface area contributed by atoms with Gasteiger partial charge in [-0.15, -0.1) is 0 Å². The minimum absolute atomic E-state index is 0.00730. The molecule has 4 nitrogen and oxygen atoms in total. The topological polar surface area (TPSA) is 68.3 Å². The molecule has 0 radical (unpaired) electrons. The van der Waals surface area contributed by atoms with Crippen molar-refractivity contribution >= 4 is 23.1 Å². The molecule has 1 rings (SSSR count). The number of rotatable bonds is 6. The number of benzene rings is 1. The largest absolute Gasteiger partial charge is 0.290 e. The van der Waals surface area contributed by atoms with E-state index in [2.05, 4.69) is 0 Å². The average Bonchev–Trinajstić information content (AvgIpc) is 2.37. The first kappa shape index (κ1) is 13.0. The standard InChI is InChI=1S/C13H12O4/c1-2-6-10(14)12(16)13(17)11(15)9-7-4-3-5-8-9/h3-5,7-8H,2,6H2,1H3. The maximum atomic E-state index is 11.6. The van der Waals surface area contributed by atoms with Crippen molar-refractivity contribution in [1.29, 1.82) is 0 Å². The van der Waals surface area contributed by atoms with Gasteiger partial charge in [-0.1, -0.05) is 37.3 Å². The normalized spacial score (nSPS) is 9.71. The van der Waals surface area contributed by atoms with Gasteiger partial charge >= 0.3 is 0 Å². The van der Waals surface area contributed by atoms with Crippen LogP contribution in [0.2, 0.25) is 0 Å². The van der Waals surface area contributed by atoms with E-state index >= 15 is 0 Å². The van der Waals surface area contributed by atoms with E-state index in [1.54, 1.807) is 25.1 Å². The second kappa shape index (κ2) is 5.84. The molecule has 0 atom stereocenters. The molecule has 0 saturated heterocycles. The molecule has 0 spiro atoms. The fourth-order valence-electron chi connectivity index (χ4n) is 1.29. The van der Waals surface area contributed by atoms with Crippen molar-refractivity contribution in [1.82, 2.24) is 0 Å². The van der Waals surface area contributed by atoms with Crippen LogP contribution in [-0.2, 0) is 14.4 Å². The van der Waals surface area contributed by atoms with Gasteiger partial charge in [0, 0.05) is 12.0 Å². The van der Waals surface area contributed by atoms with E-state index in [9.17, 15) is 19.2 Å². The fraction of sp³-hybridized carbons (Fsp3) is 0.231. The summed E-state index contributed by atoms with van der Waals surface area (Å²) in [5, 5.41) is 0. The molecule has 0 N–H and O–H groups in total. The third-order valence-electron chi connectivity index (χ3n) is 2.18. The van der Waals surface area contributed by atoms with Gasteiger partial charge < -0.3 is 0 Å². The minimum atomic E-state index is -1.25. The summed E-state index contributed by atoms with van der Waals surface area (Å²) in [5.41, 5.74) is 0.121. The van der Waals surface area contributed by atoms with Crippen LogP contribution in [0.4, 0.5) is 0 Å². The lowest BCUT2D eigenvalue weighted by Gasteiger charge is -1.98. The Balaban J connectivity index is 2.81. The maximum Gasteiger partial charge on any atom is 0.277 e. The van der Waals surface area contributed by atoms with Crippen molar-refractivity contribution in [2.45, 2.75) is 19.8 Å². The monoisotopic (exact) mass is 232 g/mol. The van der Waals surface area contributed by atoms with E-state index in [0.717, 1.165) is 0 Å². The van der Waals surface area contributed by atoms with Crippen LogP contribution in [0.1, 0.15) is 30.1 Å². The predicted octanol–water partition coefficient (Wildman–Crippen LogP) is 1.38. The Kier molecular flexibility index (Phi) is 4.46. The van der Waals surface area contributed by atoms with E-state index in [1.807, 2.05) is 0 Å². The van der Waals surface area contributed by atoms with Crippen LogP contribution < -0.4 is 0 Å². The summed E-state index contributed by atoms with van der Waals surface area (Å²) in [5.74, 6) is -4.21. The number of carbonyl (C=O) groups is 4. The Morgan fingerprint density at radius 3 is 2.06 bits per heavy atom. The summed E-state index contributed by atoms with van der Waals surface area (Å²) in [6.45, 7) is 1.72. The van der Waals surface area contributed by atoms with Gasteiger partial charge in [-0.25, -0.2) is 0 Å². The summed E-state index contributed by atoms with van der Waals surface area (Å²) >= 11 is 0. The van der Waals surface area contributed by atoms with Crippen LogP contribution in [-0.4, -0.2) is 23.1 Å². The fourth-order valence-corrected chi connectivity index (χ4v) is 1.29. The Morgan fingerprint density at radius 2 is 1.53 bits per heavy atom. The van der Waals surface area contributed by atoms with Gasteiger partial charge in [0.1, 0.15) is 0 Å². The number of hydrogen-bond acceptors (Lipinski definition) is 4. The molecule has 1 aromatic rings. The van der Waals surface area contributed by atoms with Crippen LogP contribution in [0.5, 0.6) is 0 Å². The Bertz CT molecular complexity index is 460. The Morgan fingerprint density at radius 1 is 0.941 bits per heavy atom. The number of Topliss-reactive ketones (excluding diaryl/α,β-unsaturated/α-hetero) is 4. The smallest absolute Gasteiger partial charge is 0.277 e. The summed E-state index contributed by atoms with van der Waals surface area (Å²) < 4.78 is 0. The predicted molar refractivity (Wildman–Crippen MR) is 60.7 cm³/mol. The molecule has 1 aromatic carbocycles. The number of ketones is 4. The lowest BCUT2D eigenvalue weighted by Crippen LogP contribution is -2.30. The quantitative estimate of drug-likeness (QED) is 0.422. The van der Waals surface area contributed by atoms with E-state index in [-0.39, 0.29) is 12.0 Å². The second-order valence-electron chi connectivity index (χ2n) is 3.53. The van der Waals surface area contributed by atoms with Crippen molar-refractivity contribution in [3.05, 3.63) is 35.9 Å². The van der Waals surface area contributed by atoms with Crippen molar-refractivity contribution in [2.24, 2.45) is 0 Å². The van der Waals surface area contributed by atoms with Crippen LogP contribution in [0, 0.1) is 0 Å².